The van der Waals surface area contributed by atoms with Crippen molar-refractivity contribution in [1.29, 1.82) is 0 Å². The smallest absolute Gasteiger partial charge is 0.493 e. The minimum atomic E-state index is -4.75. The van der Waals surface area contributed by atoms with E-state index in [1.807, 2.05) is 18.3 Å². The van der Waals surface area contributed by atoms with Crippen LogP contribution in [0.1, 0.15) is 77.3 Å². The number of piperidine rings is 1. The van der Waals surface area contributed by atoms with Crippen LogP contribution in [-0.4, -0.2) is 55.2 Å². The highest BCUT2D eigenvalue weighted by molar-refractivity contribution is 5.67. The van der Waals surface area contributed by atoms with Gasteiger partial charge in [0, 0.05) is 43.1 Å². The van der Waals surface area contributed by atoms with E-state index in [1.54, 1.807) is 26.4 Å². The second kappa shape index (κ2) is 15.0. The highest BCUT2D eigenvalue weighted by Crippen LogP contribution is 2.38. The number of likely N-dealkylation sites (tertiary alicyclic amines) is 1. The fourth-order valence-corrected chi connectivity index (χ4v) is 6.44. The number of hydrogen-bond donors (Lipinski definition) is 0. The molecule has 1 aliphatic heterocycles. The highest BCUT2D eigenvalue weighted by atomic mass is 19.4. The molecule has 0 spiro atoms. The molecule has 0 N–H and O–H groups in total. The molecule has 260 valence electrons. The van der Waals surface area contributed by atoms with Crippen LogP contribution in [0.25, 0.3) is 11.3 Å². The molecule has 1 saturated heterocycles. The summed E-state index contributed by atoms with van der Waals surface area (Å²) in [6, 6.07) is 14.5. The van der Waals surface area contributed by atoms with Crippen LogP contribution in [0.5, 0.6) is 17.2 Å². The molecule has 2 aliphatic rings. The Hall–Kier alpha value is -4.08. The number of aryl methyl sites for hydroxylation is 1. The van der Waals surface area contributed by atoms with E-state index in [0.717, 1.165) is 91.3 Å². The van der Waals surface area contributed by atoms with Gasteiger partial charge < -0.3 is 28.7 Å². The number of methoxy groups -OCH3 is 2. The third kappa shape index (κ3) is 8.88. The van der Waals surface area contributed by atoms with E-state index in [4.69, 9.17) is 19.2 Å². The molecule has 10 heteroatoms. The lowest BCUT2D eigenvalue weighted by Gasteiger charge is -2.43. The average molecular weight is 668 g/mol. The molecule has 48 heavy (non-hydrogen) atoms. The molecule has 3 aromatic rings. The van der Waals surface area contributed by atoms with Crippen LogP contribution < -0.4 is 19.1 Å². The Balaban J connectivity index is 1.43. The van der Waals surface area contributed by atoms with Gasteiger partial charge in [-0.3, -0.25) is 4.98 Å². The topological polar surface area (TPSA) is 56.3 Å². The fourth-order valence-electron chi connectivity index (χ4n) is 6.44. The molecule has 0 amide bonds. The molecule has 1 aromatic heterocycles. The number of aromatic nitrogens is 1. The lowest BCUT2D eigenvalue weighted by molar-refractivity contribution is -0.274. The first-order chi connectivity index (χ1) is 22.9. The van der Waals surface area contributed by atoms with Gasteiger partial charge in [-0.05, 0) is 125 Å². The predicted octanol–water partition coefficient (Wildman–Crippen LogP) is 9.30. The van der Waals surface area contributed by atoms with E-state index >= 15 is 0 Å². The predicted molar refractivity (Wildman–Crippen MR) is 182 cm³/mol. The number of allylic oxidation sites excluding steroid dienone is 1. The molecule has 1 saturated carbocycles. The molecule has 2 fully saturated rings. The van der Waals surface area contributed by atoms with Gasteiger partial charge in [-0.15, -0.1) is 13.2 Å². The molecule has 7 nitrogen and oxygen atoms in total. The largest absolute Gasteiger partial charge is 0.573 e. The van der Waals surface area contributed by atoms with Crippen molar-refractivity contribution in [3.8, 4) is 28.5 Å². The van der Waals surface area contributed by atoms with Crippen molar-refractivity contribution < 1.29 is 32.1 Å². The third-order valence-electron chi connectivity index (χ3n) is 8.81. The maximum atomic E-state index is 12.9. The van der Waals surface area contributed by atoms with Gasteiger partial charge in [-0.2, -0.15) is 0 Å². The molecular formula is C38H48F3N3O4. The Labute approximate surface area is 282 Å². The molecule has 1 aliphatic carbocycles. The second-order valence-corrected chi connectivity index (χ2v) is 13.5. The first kappa shape index (κ1) is 35.2. The quantitative estimate of drug-likeness (QED) is 0.179. The van der Waals surface area contributed by atoms with Crippen LogP contribution in [-0.2, 0) is 17.7 Å². The summed E-state index contributed by atoms with van der Waals surface area (Å²) < 4.78 is 60.8. The lowest BCUT2D eigenvalue weighted by Crippen LogP contribution is -2.46. The maximum absolute atomic E-state index is 12.9. The number of pyridine rings is 1. The van der Waals surface area contributed by atoms with Gasteiger partial charge in [0.2, 0.25) is 0 Å². The van der Waals surface area contributed by atoms with Crippen LogP contribution in [0.2, 0.25) is 0 Å². The summed E-state index contributed by atoms with van der Waals surface area (Å²) in [6.07, 6.45) is 3.96. The maximum Gasteiger partial charge on any atom is 0.573 e. The van der Waals surface area contributed by atoms with Crippen LogP contribution in [0, 0.1) is 0 Å². The van der Waals surface area contributed by atoms with E-state index in [-0.39, 0.29) is 17.4 Å². The molecule has 2 heterocycles. The Kier molecular flexibility index (Phi) is 11.0. The lowest BCUT2D eigenvalue weighted by atomic mass is 9.91. The zero-order valence-electron chi connectivity index (χ0n) is 29.0. The standard InChI is InChI=1S/C38H48F3N3O4/c1-7-9-28-23-29(24-34(45-5)35(28)46-6)33-22-26(16-19-42-33)25-44(30-12-14-32(15-13-30)47-38(39,40)41)31-17-20-43(21-18-31)36(27-10-8-11-27)48-37(2,3)4/h12-16,19,22-24,31H,7-11,17-18,20-21,25H2,1-6H3. The number of ether oxygens (including phenoxy) is 4. The number of alkyl halides is 3. The minimum absolute atomic E-state index is 0.159. The number of rotatable bonds is 12. The van der Waals surface area contributed by atoms with Crippen molar-refractivity contribution in [2.45, 2.75) is 97.2 Å². The molecule has 0 unspecified atom stereocenters. The number of halogens is 3. The van der Waals surface area contributed by atoms with E-state index in [1.165, 1.54) is 24.1 Å². The Morgan fingerprint density at radius 1 is 0.958 bits per heavy atom. The Morgan fingerprint density at radius 2 is 1.67 bits per heavy atom. The van der Waals surface area contributed by atoms with Crippen molar-refractivity contribution in [3.63, 3.8) is 0 Å². The Morgan fingerprint density at radius 3 is 2.23 bits per heavy atom. The number of hydrogen-bond acceptors (Lipinski definition) is 7. The van der Waals surface area contributed by atoms with Gasteiger partial charge in [0.05, 0.1) is 19.9 Å². The normalized spacial score (nSPS) is 15.5. The van der Waals surface area contributed by atoms with Crippen molar-refractivity contribution in [2.24, 2.45) is 0 Å². The first-order valence-corrected chi connectivity index (χ1v) is 16.9. The summed E-state index contributed by atoms with van der Waals surface area (Å²) in [5.74, 6) is 2.19. The average Bonchev–Trinajstić information content (AvgIpc) is 3.01. The van der Waals surface area contributed by atoms with Gasteiger partial charge in [0.1, 0.15) is 11.4 Å². The minimum Gasteiger partial charge on any atom is -0.493 e. The van der Waals surface area contributed by atoms with Crippen molar-refractivity contribution in [1.82, 2.24) is 9.88 Å². The second-order valence-electron chi connectivity index (χ2n) is 13.5. The highest BCUT2D eigenvalue weighted by Gasteiger charge is 2.33. The van der Waals surface area contributed by atoms with Gasteiger partial charge in [0.25, 0.3) is 0 Å². The van der Waals surface area contributed by atoms with Gasteiger partial charge in [-0.25, -0.2) is 0 Å². The van der Waals surface area contributed by atoms with Gasteiger partial charge in [-0.1, -0.05) is 13.3 Å². The number of benzene rings is 2. The Bertz CT molecular complexity index is 1550. The SMILES string of the molecule is CCCc1cc(-c2cc(CN(c3ccc(OC(F)(F)F)cc3)C3CCN(C(OC(C)(C)C)=C4CCC4)CC3)ccn2)cc(OC)c1OC. The van der Waals surface area contributed by atoms with E-state index in [0.29, 0.717) is 12.3 Å². The molecule has 0 atom stereocenters. The summed E-state index contributed by atoms with van der Waals surface area (Å²) in [7, 11) is 3.29. The van der Waals surface area contributed by atoms with E-state index < -0.39 is 6.36 Å². The molecular weight excluding hydrogens is 619 g/mol. The van der Waals surface area contributed by atoms with Crippen molar-refractivity contribution >= 4 is 5.69 Å². The summed E-state index contributed by atoms with van der Waals surface area (Å²) in [5, 5.41) is 0. The van der Waals surface area contributed by atoms with E-state index in [2.05, 4.69) is 54.4 Å². The molecule has 0 radical (unpaired) electrons. The summed E-state index contributed by atoms with van der Waals surface area (Å²) >= 11 is 0. The van der Waals surface area contributed by atoms with E-state index in [9.17, 15) is 13.2 Å². The van der Waals surface area contributed by atoms with Crippen LogP contribution >= 0.6 is 0 Å². The molecule has 2 aromatic carbocycles. The van der Waals surface area contributed by atoms with Crippen LogP contribution in [0.15, 0.2) is 66.2 Å². The summed E-state index contributed by atoms with van der Waals surface area (Å²) in [5.41, 5.74) is 5.78. The van der Waals surface area contributed by atoms with Gasteiger partial charge in [0.15, 0.2) is 17.4 Å². The third-order valence-corrected chi connectivity index (χ3v) is 8.81. The number of nitrogens with zero attached hydrogens (tertiary/aromatic N) is 3. The first-order valence-electron chi connectivity index (χ1n) is 16.9. The molecule has 0 bridgehead atoms. The number of anilines is 1. The van der Waals surface area contributed by atoms with Gasteiger partial charge >= 0.3 is 6.36 Å². The van der Waals surface area contributed by atoms with Crippen LogP contribution in [0.3, 0.4) is 0 Å². The van der Waals surface area contributed by atoms with Crippen molar-refractivity contribution in [2.75, 3.05) is 32.2 Å². The summed E-state index contributed by atoms with van der Waals surface area (Å²) in [4.78, 5) is 9.38. The summed E-state index contributed by atoms with van der Waals surface area (Å²) in [6.45, 7) is 10.6. The van der Waals surface area contributed by atoms with Crippen LogP contribution in [0.4, 0.5) is 18.9 Å². The zero-order valence-corrected chi connectivity index (χ0v) is 29.0. The van der Waals surface area contributed by atoms with Crippen molar-refractivity contribution in [3.05, 3.63) is 77.3 Å². The fraction of sp³-hybridized carbons (Fsp3) is 0.500. The monoisotopic (exact) mass is 667 g/mol. The zero-order chi connectivity index (χ0) is 34.5. The molecule has 5 rings (SSSR count).